The van der Waals surface area contributed by atoms with Gasteiger partial charge < -0.3 is 23.7 Å². The van der Waals surface area contributed by atoms with Crippen LogP contribution in [0.1, 0.15) is 38.5 Å². The molecule has 0 atom stereocenters. The third kappa shape index (κ3) is 5.50. The lowest BCUT2D eigenvalue weighted by Crippen LogP contribution is -2.21. The van der Waals surface area contributed by atoms with Gasteiger partial charge in [-0.1, -0.05) is 0 Å². The number of fused-ring (bicyclic) bond motifs is 3. The van der Waals surface area contributed by atoms with Gasteiger partial charge in [0.1, 0.15) is 17.1 Å². The zero-order chi connectivity index (χ0) is 22.5. The summed E-state index contributed by atoms with van der Waals surface area (Å²) in [5, 5.41) is 2.35. The highest BCUT2D eigenvalue weighted by Crippen LogP contribution is 2.28. The maximum Gasteiger partial charge on any atom is 0.344 e. The van der Waals surface area contributed by atoms with Crippen molar-refractivity contribution in [2.45, 2.75) is 38.5 Å². The molecular formula is C27H34N2O4. The van der Waals surface area contributed by atoms with Crippen LogP contribution in [0.3, 0.4) is 0 Å². The summed E-state index contributed by atoms with van der Waals surface area (Å²) in [5.41, 5.74) is 0.218. The molecular weight excluding hydrogens is 416 g/mol. The first-order valence-corrected chi connectivity index (χ1v) is 12.5. The van der Waals surface area contributed by atoms with Gasteiger partial charge in [-0.15, -0.1) is 0 Å². The van der Waals surface area contributed by atoms with Crippen LogP contribution in [0.2, 0.25) is 0 Å². The number of likely N-dealkylation sites (tertiary alicyclic amines) is 2. The van der Waals surface area contributed by atoms with Crippen molar-refractivity contribution in [3.8, 4) is 11.5 Å². The van der Waals surface area contributed by atoms with E-state index in [1.54, 1.807) is 6.07 Å². The van der Waals surface area contributed by atoms with Crippen molar-refractivity contribution in [1.82, 2.24) is 9.80 Å². The number of ether oxygens (including phenoxy) is 2. The molecule has 2 saturated heterocycles. The summed E-state index contributed by atoms with van der Waals surface area (Å²) < 4.78 is 17.5. The molecule has 5 rings (SSSR count). The molecule has 6 nitrogen and oxygen atoms in total. The second-order valence-electron chi connectivity index (χ2n) is 9.26. The molecule has 0 unspecified atom stereocenters. The van der Waals surface area contributed by atoms with Crippen LogP contribution in [0.15, 0.2) is 45.6 Å². The van der Waals surface area contributed by atoms with Gasteiger partial charge in [0, 0.05) is 29.9 Å². The van der Waals surface area contributed by atoms with Gasteiger partial charge in [0.15, 0.2) is 0 Å². The third-order valence-electron chi connectivity index (χ3n) is 6.83. The highest BCUT2D eigenvalue weighted by molar-refractivity contribution is 6.04. The molecule has 0 amide bonds. The molecule has 2 aromatic carbocycles. The topological polar surface area (TPSA) is 55.1 Å². The van der Waals surface area contributed by atoms with Crippen LogP contribution < -0.4 is 15.1 Å². The van der Waals surface area contributed by atoms with Crippen molar-refractivity contribution in [2.75, 3.05) is 52.5 Å². The van der Waals surface area contributed by atoms with Gasteiger partial charge in [-0.3, -0.25) is 0 Å². The summed E-state index contributed by atoms with van der Waals surface area (Å²) in [4.78, 5) is 17.7. The molecule has 0 bridgehead atoms. The first kappa shape index (κ1) is 22.2. The second-order valence-corrected chi connectivity index (χ2v) is 9.26. The maximum absolute atomic E-state index is 12.7. The molecule has 0 aliphatic carbocycles. The standard InChI is InChI=1S/C27H34N2O4/c30-27-25-19-21(31-17-5-15-28-11-1-2-12-28)7-9-23(25)24-10-8-22(20-26(24)33-27)32-18-6-16-29-13-3-4-14-29/h7-10,19-20H,1-6,11-18H2. The van der Waals surface area contributed by atoms with Crippen LogP contribution in [-0.4, -0.2) is 62.3 Å². The van der Waals surface area contributed by atoms with Crippen molar-refractivity contribution < 1.29 is 13.9 Å². The zero-order valence-electron chi connectivity index (χ0n) is 19.4. The predicted molar refractivity (Wildman–Crippen MR) is 132 cm³/mol. The molecule has 0 spiro atoms. The Kier molecular flexibility index (Phi) is 7.12. The van der Waals surface area contributed by atoms with Crippen LogP contribution in [0.5, 0.6) is 11.5 Å². The lowest BCUT2D eigenvalue weighted by Gasteiger charge is -2.15. The van der Waals surface area contributed by atoms with Crippen molar-refractivity contribution in [1.29, 1.82) is 0 Å². The van der Waals surface area contributed by atoms with Gasteiger partial charge >= 0.3 is 5.63 Å². The number of rotatable bonds is 10. The highest BCUT2D eigenvalue weighted by atomic mass is 16.5. The molecule has 1 aromatic heterocycles. The predicted octanol–water partition coefficient (Wildman–Crippen LogP) is 4.68. The summed E-state index contributed by atoms with van der Waals surface area (Å²) in [6.07, 6.45) is 7.23. The fourth-order valence-corrected chi connectivity index (χ4v) is 5.04. The van der Waals surface area contributed by atoms with Gasteiger partial charge in [0.2, 0.25) is 0 Å². The molecule has 33 heavy (non-hydrogen) atoms. The lowest BCUT2D eigenvalue weighted by atomic mass is 10.1. The smallest absolute Gasteiger partial charge is 0.344 e. The van der Waals surface area contributed by atoms with E-state index in [9.17, 15) is 4.79 Å². The van der Waals surface area contributed by atoms with Crippen LogP contribution in [0.25, 0.3) is 21.7 Å². The van der Waals surface area contributed by atoms with E-state index in [-0.39, 0.29) is 5.63 Å². The maximum atomic E-state index is 12.7. The van der Waals surface area contributed by atoms with E-state index in [0.717, 1.165) is 42.5 Å². The average molecular weight is 451 g/mol. The lowest BCUT2D eigenvalue weighted by molar-refractivity contribution is 0.263. The SMILES string of the molecule is O=c1oc2cc(OCCCN3CCCC3)ccc2c2ccc(OCCCN3CCCC3)cc12. The van der Waals surface area contributed by atoms with E-state index in [1.807, 2.05) is 30.3 Å². The molecule has 2 fully saturated rings. The summed E-state index contributed by atoms with van der Waals surface area (Å²) in [6, 6.07) is 11.5. The molecule has 2 aliphatic heterocycles. The summed E-state index contributed by atoms with van der Waals surface area (Å²) in [7, 11) is 0. The Bertz CT molecular complexity index is 1130. The monoisotopic (exact) mass is 450 g/mol. The zero-order valence-corrected chi connectivity index (χ0v) is 19.4. The Hall–Kier alpha value is -2.57. The van der Waals surface area contributed by atoms with E-state index in [4.69, 9.17) is 13.9 Å². The molecule has 0 N–H and O–H groups in total. The fraction of sp³-hybridized carbons (Fsp3) is 0.519. The quantitative estimate of drug-likeness (QED) is 0.254. The highest BCUT2D eigenvalue weighted by Gasteiger charge is 2.13. The Labute approximate surface area is 195 Å². The number of hydrogen-bond acceptors (Lipinski definition) is 6. The van der Waals surface area contributed by atoms with Crippen molar-refractivity contribution >= 4 is 21.7 Å². The van der Waals surface area contributed by atoms with Gasteiger partial charge in [0.25, 0.3) is 0 Å². The largest absolute Gasteiger partial charge is 0.494 e. The minimum Gasteiger partial charge on any atom is -0.494 e. The van der Waals surface area contributed by atoms with Gasteiger partial charge in [-0.25, -0.2) is 4.79 Å². The normalized spacial score (nSPS) is 17.3. The second kappa shape index (κ2) is 10.6. The third-order valence-corrected chi connectivity index (χ3v) is 6.83. The Morgan fingerprint density at radius 3 is 1.85 bits per heavy atom. The van der Waals surface area contributed by atoms with Crippen molar-refractivity contribution in [3.63, 3.8) is 0 Å². The minimum atomic E-state index is -0.341. The van der Waals surface area contributed by atoms with Crippen molar-refractivity contribution in [3.05, 3.63) is 46.8 Å². The van der Waals surface area contributed by atoms with E-state index in [0.29, 0.717) is 29.9 Å². The molecule has 6 heteroatoms. The van der Waals surface area contributed by atoms with Crippen LogP contribution in [-0.2, 0) is 0 Å². The Morgan fingerprint density at radius 1 is 0.697 bits per heavy atom. The summed E-state index contributed by atoms with van der Waals surface area (Å²) in [6.45, 7) is 8.29. The van der Waals surface area contributed by atoms with Gasteiger partial charge in [0.05, 0.1) is 18.6 Å². The molecule has 3 aromatic rings. The van der Waals surface area contributed by atoms with E-state index in [2.05, 4.69) is 9.80 Å². The van der Waals surface area contributed by atoms with Crippen molar-refractivity contribution in [2.24, 2.45) is 0 Å². The van der Waals surface area contributed by atoms with E-state index >= 15 is 0 Å². The number of hydrogen-bond donors (Lipinski definition) is 0. The summed E-state index contributed by atoms with van der Waals surface area (Å²) >= 11 is 0. The van der Waals surface area contributed by atoms with E-state index in [1.165, 1.54) is 51.9 Å². The minimum absolute atomic E-state index is 0.341. The first-order valence-electron chi connectivity index (χ1n) is 12.5. The molecule has 3 heterocycles. The number of benzene rings is 2. The molecule has 0 saturated carbocycles. The van der Waals surface area contributed by atoms with E-state index < -0.39 is 0 Å². The fourth-order valence-electron chi connectivity index (χ4n) is 5.04. The van der Waals surface area contributed by atoms with Crippen LogP contribution in [0, 0.1) is 0 Å². The summed E-state index contributed by atoms with van der Waals surface area (Å²) in [5.74, 6) is 1.46. The first-order chi connectivity index (χ1) is 16.3. The van der Waals surface area contributed by atoms with Gasteiger partial charge in [-0.2, -0.15) is 0 Å². The van der Waals surface area contributed by atoms with Gasteiger partial charge in [-0.05, 0) is 95.0 Å². The Morgan fingerprint density at radius 2 is 1.24 bits per heavy atom. The molecule has 0 radical (unpaired) electrons. The van der Waals surface area contributed by atoms with Crippen LogP contribution in [0.4, 0.5) is 0 Å². The molecule has 2 aliphatic rings. The molecule has 176 valence electrons. The van der Waals surface area contributed by atoms with Crippen LogP contribution >= 0.6 is 0 Å². The number of nitrogens with zero attached hydrogens (tertiary/aromatic N) is 2. The Balaban J connectivity index is 1.22. The average Bonchev–Trinajstić information content (AvgIpc) is 3.54.